The Bertz CT molecular complexity index is 242. The van der Waals surface area contributed by atoms with Crippen molar-refractivity contribution in [1.29, 1.82) is 0 Å². The number of carboxylic acid groups (broad SMARTS) is 1. The molecule has 0 aromatic rings. The van der Waals surface area contributed by atoms with Crippen LogP contribution in [-0.2, 0) is 14.3 Å². The second-order valence-electron chi connectivity index (χ2n) is 4.34. The molecule has 0 heterocycles. The molecule has 0 aliphatic carbocycles. The Morgan fingerprint density at radius 1 is 1.38 bits per heavy atom. The lowest BCUT2D eigenvalue weighted by molar-refractivity contribution is -0.873. The molecule has 0 saturated carbocycles. The molecule has 0 aromatic carbocycles. The average Bonchev–Trinajstić information content (AvgIpc) is 1.99. The van der Waals surface area contributed by atoms with Crippen LogP contribution >= 0.6 is 12.6 Å². The zero-order valence-corrected chi connectivity index (χ0v) is 11.3. The van der Waals surface area contributed by atoms with E-state index in [0.29, 0.717) is 11.0 Å². The van der Waals surface area contributed by atoms with Crippen LogP contribution in [0.15, 0.2) is 0 Å². The maximum atomic E-state index is 11.0. The topological polar surface area (TPSA) is 63.6 Å². The number of esters is 1. The first-order chi connectivity index (χ1) is 6.74. The standard InChI is InChI=1S/C9H17NO4S.ClH/c1-10(2,3)5-7(4-8(11)12)14-9(13)6-15;/h7H,4-6H2,1-3H3,(H-,11,12,15);1H/t7-;/m1./s1. The minimum Gasteiger partial charge on any atom is -1.00 e. The van der Waals surface area contributed by atoms with Crippen molar-refractivity contribution in [2.24, 2.45) is 0 Å². The van der Waals surface area contributed by atoms with Crippen molar-refractivity contribution < 1.29 is 36.3 Å². The van der Waals surface area contributed by atoms with Crippen LogP contribution in [0.2, 0.25) is 0 Å². The molecule has 7 heteroatoms. The van der Waals surface area contributed by atoms with Crippen molar-refractivity contribution in [1.82, 2.24) is 0 Å². The highest BCUT2D eigenvalue weighted by molar-refractivity contribution is 7.81. The zero-order valence-electron chi connectivity index (χ0n) is 9.64. The summed E-state index contributed by atoms with van der Waals surface area (Å²) in [6.45, 7) is 0.464. The molecule has 0 aliphatic rings. The Morgan fingerprint density at radius 3 is 2.19 bits per heavy atom. The van der Waals surface area contributed by atoms with Gasteiger partial charge in [-0.2, -0.15) is 12.6 Å². The van der Waals surface area contributed by atoms with Gasteiger partial charge in [-0.15, -0.1) is 0 Å². The first-order valence-corrected chi connectivity index (χ1v) is 5.20. The largest absolute Gasteiger partial charge is 1.00 e. The van der Waals surface area contributed by atoms with Gasteiger partial charge in [0.25, 0.3) is 0 Å². The molecule has 0 radical (unpaired) electrons. The molecule has 5 nitrogen and oxygen atoms in total. The van der Waals surface area contributed by atoms with E-state index >= 15 is 0 Å². The summed E-state index contributed by atoms with van der Waals surface area (Å²) in [6, 6.07) is 0. The summed E-state index contributed by atoms with van der Waals surface area (Å²) in [6.07, 6.45) is -0.767. The second-order valence-corrected chi connectivity index (χ2v) is 4.66. The van der Waals surface area contributed by atoms with Gasteiger partial charge in [-0.1, -0.05) is 0 Å². The van der Waals surface area contributed by atoms with Crippen molar-refractivity contribution in [3.05, 3.63) is 0 Å². The van der Waals surface area contributed by atoms with E-state index in [4.69, 9.17) is 9.84 Å². The average molecular weight is 272 g/mol. The third kappa shape index (κ3) is 10.1. The Morgan fingerprint density at radius 2 is 1.88 bits per heavy atom. The van der Waals surface area contributed by atoms with E-state index in [1.165, 1.54) is 0 Å². The molecule has 0 fully saturated rings. The third-order valence-corrected chi connectivity index (χ3v) is 1.84. The van der Waals surface area contributed by atoms with Crippen molar-refractivity contribution in [3.63, 3.8) is 0 Å². The van der Waals surface area contributed by atoms with Crippen LogP contribution in [0.25, 0.3) is 0 Å². The number of likely N-dealkylation sites (N-methyl/N-ethyl adjacent to an activating group) is 1. The molecule has 0 rings (SSSR count). The van der Waals surface area contributed by atoms with E-state index in [-0.39, 0.29) is 24.6 Å². The van der Waals surface area contributed by atoms with E-state index in [9.17, 15) is 9.59 Å². The van der Waals surface area contributed by atoms with E-state index in [2.05, 4.69) is 12.6 Å². The summed E-state index contributed by atoms with van der Waals surface area (Å²) in [4.78, 5) is 21.5. The van der Waals surface area contributed by atoms with Crippen molar-refractivity contribution in [2.45, 2.75) is 12.5 Å². The molecule has 0 spiro atoms. The number of ether oxygens (including phenoxy) is 1. The molecule has 16 heavy (non-hydrogen) atoms. The number of rotatable bonds is 6. The Hall–Kier alpha value is -0.460. The summed E-state index contributed by atoms with van der Waals surface area (Å²) < 4.78 is 5.51. The number of aliphatic carboxylic acids is 1. The number of carbonyl (C=O) groups is 2. The fourth-order valence-corrected chi connectivity index (χ4v) is 1.25. The molecular weight excluding hydrogens is 254 g/mol. The number of hydrogen-bond donors (Lipinski definition) is 2. The second kappa shape index (κ2) is 7.76. The highest BCUT2D eigenvalue weighted by Crippen LogP contribution is 2.05. The van der Waals surface area contributed by atoms with Gasteiger partial charge in [0.05, 0.1) is 33.3 Å². The molecule has 0 aliphatic heterocycles. The smallest absolute Gasteiger partial charge is 0.316 e. The SMILES string of the molecule is C[N+](C)(C)C[C@@H](CC(=O)O)OC(=O)CS.[Cl-]. The molecule has 0 bridgehead atoms. The normalized spacial score (nSPS) is 12.5. The van der Waals surface area contributed by atoms with E-state index in [1.807, 2.05) is 21.1 Å². The maximum Gasteiger partial charge on any atom is 0.316 e. The van der Waals surface area contributed by atoms with Gasteiger partial charge in [-0.25, -0.2) is 0 Å². The number of carboxylic acids is 1. The van der Waals surface area contributed by atoms with Gasteiger partial charge in [-0.05, 0) is 0 Å². The summed E-state index contributed by atoms with van der Waals surface area (Å²) >= 11 is 3.77. The Labute approximate surface area is 107 Å². The van der Waals surface area contributed by atoms with E-state index in [1.54, 1.807) is 0 Å². The zero-order chi connectivity index (χ0) is 12.1. The van der Waals surface area contributed by atoms with Crippen LogP contribution in [0.3, 0.4) is 0 Å². The number of quaternary nitrogens is 1. The van der Waals surface area contributed by atoms with Gasteiger partial charge < -0.3 is 26.7 Å². The van der Waals surface area contributed by atoms with E-state index in [0.717, 1.165) is 0 Å². The van der Waals surface area contributed by atoms with Crippen LogP contribution < -0.4 is 12.4 Å². The number of thiol groups is 1. The number of carbonyl (C=O) groups excluding carboxylic acids is 1. The van der Waals surface area contributed by atoms with Crippen molar-refractivity contribution in [3.8, 4) is 0 Å². The monoisotopic (exact) mass is 271 g/mol. The quantitative estimate of drug-likeness (QED) is 0.307. The minimum absolute atomic E-state index is 0. The predicted octanol–water partition coefficient (Wildman–Crippen LogP) is -2.99. The third-order valence-electron chi connectivity index (χ3n) is 1.58. The van der Waals surface area contributed by atoms with Gasteiger partial charge in [0.15, 0.2) is 6.10 Å². The molecule has 1 atom stereocenters. The van der Waals surface area contributed by atoms with Crippen LogP contribution in [-0.4, -0.2) is 61.1 Å². The first kappa shape index (κ1) is 17.9. The number of nitrogens with zero attached hydrogens (tertiary/aromatic N) is 1. The lowest BCUT2D eigenvalue weighted by Crippen LogP contribution is -3.00. The number of hydrogen-bond acceptors (Lipinski definition) is 4. The fourth-order valence-electron chi connectivity index (χ4n) is 1.17. The predicted molar refractivity (Wildman–Crippen MR) is 58.9 cm³/mol. The highest BCUT2D eigenvalue weighted by atomic mass is 35.5. The van der Waals surface area contributed by atoms with Gasteiger partial charge in [0, 0.05) is 0 Å². The molecular formula is C9H18ClNO4S. The Kier molecular flexibility index (Phi) is 8.69. The lowest BCUT2D eigenvalue weighted by Gasteiger charge is -2.28. The maximum absolute atomic E-state index is 11.0. The van der Waals surface area contributed by atoms with Gasteiger partial charge in [0.1, 0.15) is 6.54 Å². The van der Waals surface area contributed by atoms with Crippen LogP contribution in [0.5, 0.6) is 0 Å². The summed E-state index contributed by atoms with van der Waals surface area (Å²) in [5.41, 5.74) is 0. The van der Waals surface area contributed by atoms with Crippen LogP contribution in [0, 0.1) is 0 Å². The Balaban J connectivity index is 0. The van der Waals surface area contributed by atoms with Crippen LogP contribution in [0.1, 0.15) is 6.42 Å². The molecule has 1 N–H and O–H groups in total. The molecule has 0 aromatic heterocycles. The summed E-state index contributed by atoms with van der Waals surface area (Å²) in [5, 5.41) is 8.65. The van der Waals surface area contributed by atoms with Crippen molar-refractivity contribution >= 4 is 24.6 Å². The van der Waals surface area contributed by atoms with Gasteiger partial charge in [-0.3, -0.25) is 9.59 Å². The van der Waals surface area contributed by atoms with Crippen molar-refractivity contribution in [2.75, 3.05) is 33.4 Å². The first-order valence-electron chi connectivity index (χ1n) is 4.57. The summed E-state index contributed by atoms with van der Waals surface area (Å²) in [7, 11) is 5.72. The minimum atomic E-state index is -0.972. The molecule has 0 saturated heterocycles. The highest BCUT2D eigenvalue weighted by Gasteiger charge is 2.24. The molecule has 0 unspecified atom stereocenters. The van der Waals surface area contributed by atoms with E-state index < -0.39 is 18.0 Å². The molecule has 0 amide bonds. The lowest BCUT2D eigenvalue weighted by atomic mass is 10.2. The molecule has 96 valence electrons. The summed E-state index contributed by atoms with van der Waals surface area (Å²) in [5.74, 6) is -1.49. The van der Waals surface area contributed by atoms with Gasteiger partial charge >= 0.3 is 11.9 Å². The number of halogens is 1. The van der Waals surface area contributed by atoms with Crippen LogP contribution in [0.4, 0.5) is 0 Å². The van der Waals surface area contributed by atoms with Gasteiger partial charge in [0.2, 0.25) is 0 Å². The fraction of sp³-hybridized carbons (Fsp3) is 0.778.